The summed E-state index contributed by atoms with van der Waals surface area (Å²) in [6, 6.07) is 9.83. The zero-order valence-corrected chi connectivity index (χ0v) is 14.2. The van der Waals surface area contributed by atoms with E-state index in [1.165, 1.54) is 29.2 Å². The molecule has 1 N–H and O–H groups in total. The lowest BCUT2D eigenvalue weighted by Gasteiger charge is -2.18. The van der Waals surface area contributed by atoms with Crippen molar-refractivity contribution in [1.82, 2.24) is 10.2 Å². The molecule has 1 heterocycles. The molecule has 1 aromatic carbocycles. The highest BCUT2D eigenvalue weighted by atomic mass is 32.1. The van der Waals surface area contributed by atoms with Gasteiger partial charge in [-0.1, -0.05) is 18.2 Å². The maximum Gasteiger partial charge on any atom is 0.247 e. The van der Waals surface area contributed by atoms with Gasteiger partial charge in [0.25, 0.3) is 0 Å². The number of rotatable bonds is 7. The summed E-state index contributed by atoms with van der Waals surface area (Å²) in [4.78, 5) is 26.6. The third-order valence-electron chi connectivity index (χ3n) is 3.33. The molecule has 0 fully saturated rings. The third-order valence-corrected chi connectivity index (χ3v) is 4.21. The molecule has 2 aromatic rings. The van der Waals surface area contributed by atoms with Gasteiger partial charge in [-0.25, -0.2) is 4.39 Å². The summed E-state index contributed by atoms with van der Waals surface area (Å²) < 4.78 is 13.1. The van der Waals surface area contributed by atoms with Crippen LogP contribution >= 0.6 is 11.3 Å². The Morgan fingerprint density at radius 1 is 1.29 bits per heavy atom. The Balaban J connectivity index is 1.87. The van der Waals surface area contributed by atoms with E-state index in [0.29, 0.717) is 18.7 Å². The largest absolute Gasteiger partial charge is 0.350 e. The van der Waals surface area contributed by atoms with Crippen LogP contribution in [0.1, 0.15) is 17.4 Å². The normalized spacial score (nSPS) is 10.8. The van der Waals surface area contributed by atoms with Crippen LogP contribution in [0.3, 0.4) is 0 Å². The van der Waals surface area contributed by atoms with E-state index in [1.54, 1.807) is 30.4 Å². The first-order valence-electron chi connectivity index (χ1n) is 7.60. The summed E-state index contributed by atoms with van der Waals surface area (Å²) in [5, 5.41) is 4.73. The highest BCUT2D eigenvalue weighted by Gasteiger charge is 2.13. The lowest BCUT2D eigenvalue weighted by Crippen LogP contribution is -2.39. The first-order valence-corrected chi connectivity index (χ1v) is 8.48. The number of hydrogen-bond acceptors (Lipinski definition) is 3. The SMILES string of the molecule is CCN(CC(=O)NCc1cccs1)C(=O)C=Cc1cccc(F)c1. The molecule has 2 amide bonds. The second-order valence-corrected chi connectivity index (χ2v) is 6.13. The van der Waals surface area contributed by atoms with Gasteiger partial charge in [0.1, 0.15) is 5.82 Å². The van der Waals surface area contributed by atoms with Crippen molar-refractivity contribution in [3.05, 3.63) is 64.1 Å². The molecule has 0 aliphatic rings. The first-order chi connectivity index (χ1) is 11.6. The quantitative estimate of drug-likeness (QED) is 0.784. The van der Waals surface area contributed by atoms with Crippen LogP contribution in [-0.4, -0.2) is 29.8 Å². The summed E-state index contributed by atoms with van der Waals surface area (Å²) >= 11 is 1.57. The molecule has 0 aliphatic heterocycles. The van der Waals surface area contributed by atoms with Crippen molar-refractivity contribution in [3.63, 3.8) is 0 Å². The molecule has 0 aliphatic carbocycles. The number of thiophene rings is 1. The fourth-order valence-electron chi connectivity index (χ4n) is 2.06. The molecule has 6 heteroatoms. The molecular weight excluding hydrogens is 327 g/mol. The van der Waals surface area contributed by atoms with Gasteiger partial charge in [-0.3, -0.25) is 9.59 Å². The van der Waals surface area contributed by atoms with Crippen LogP contribution in [0.5, 0.6) is 0 Å². The molecule has 0 bridgehead atoms. The summed E-state index contributed by atoms with van der Waals surface area (Å²) in [6.45, 7) is 2.68. The second-order valence-electron chi connectivity index (χ2n) is 5.10. The third kappa shape index (κ3) is 5.62. The van der Waals surface area contributed by atoms with Gasteiger partial charge in [0, 0.05) is 17.5 Å². The standard InChI is InChI=1S/C18H19FN2O2S/c1-2-21(13-17(22)20-12-16-7-4-10-24-16)18(23)9-8-14-5-3-6-15(19)11-14/h3-11H,2,12-13H2,1H3,(H,20,22). The minimum absolute atomic E-state index is 0.00575. The number of benzene rings is 1. The van der Waals surface area contributed by atoms with E-state index in [-0.39, 0.29) is 24.2 Å². The topological polar surface area (TPSA) is 49.4 Å². The number of nitrogens with one attached hydrogen (secondary N) is 1. The van der Waals surface area contributed by atoms with Gasteiger partial charge < -0.3 is 10.2 Å². The van der Waals surface area contributed by atoms with Crippen molar-refractivity contribution >= 4 is 29.2 Å². The fraction of sp³-hybridized carbons (Fsp3) is 0.222. The molecule has 0 unspecified atom stereocenters. The van der Waals surface area contributed by atoms with E-state index in [1.807, 2.05) is 17.5 Å². The van der Waals surface area contributed by atoms with Gasteiger partial charge in [-0.2, -0.15) is 0 Å². The highest BCUT2D eigenvalue weighted by molar-refractivity contribution is 7.09. The smallest absolute Gasteiger partial charge is 0.247 e. The Hall–Kier alpha value is -2.47. The molecular formula is C18H19FN2O2S. The molecule has 0 saturated heterocycles. The number of carbonyl (C=O) groups is 2. The van der Waals surface area contributed by atoms with Crippen molar-refractivity contribution in [1.29, 1.82) is 0 Å². The van der Waals surface area contributed by atoms with E-state index < -0.39 is 0 Å². The van der Waals surface area contributed by atoms with Gasteiger partial charge >= 0.3 is 0 Å². The molecule has 0 saturated carbocycles. The van der Waals surface area contributed by atoms with E-state index in [9.17, 15) is 14.0 Å². The molecule has 1 aromatic heterocycles. The number of likely N-dealkylation sites (N-methyl/N-ethyl adjacent to an activating group) is 1. The van der Waals surface area contributed by atoms with Gasteiger partial charge in [0.2, 0.25) is 11.8 Å². The first kappa shape index (κ1) is 17.9. The molecule has 0 radical (unpaired) electrons. The monoisotopic (exact) mass is 346 g/mol. The van der Waals surface area contributed by atoms with Crippen LogP contribution in [0.2, 0.25) is 0 Å². The average molecular weight is 346 g/mol. The van der Waals surface area contributed by atoms with E-state index >= 15 is 0 Å². The van der Waals surface area contributed by atoms with Crippen LogP contribution in [0, 0.1) is 5.82 Å². The maximum atomic E-state index is 13.1. The van der Waals surface area contributed by atoms with Gasteiger partial charge in [-0.15, -0.1) is 11.3 Å². The Kier molecular flexibility index (Phi) is 6.69. The zero-order valence-electron chi connectivity index (χ0n) is 13.4. The number of hydrogen-bond donors (Lipinski definition) is 1. The lowest BCUT2D eigenvalue weighted by atomic mass is 10.2. The van der Waals surface area contributed by atoms with Crippen LogP contribution in [0.25, 0.3) is 6.08 Å². The number of amides is 2. The van der Waals surface area contributed by atoms with Crippen molar-refractivity contribution in [2.75, 3.05) is 13.1 Å². The molecule has 0 atom stereocenters. The minimum atomic E-state index is -0.357. The Labute approximate surface area is 144 Å². The predicted octanol–water partition coefficient (Wildman–Crippen LogP) is 3.07. The highest BCUT2D eigenvalue weighted by Crippen LogP contribution is 2.08. The van der Waals surface area contributed by atoms with Crippen LogP contribution in [-0.2, 0) is 16.1 Å². The number of halogens is 1. The zero-order chi connectivity index (χ0) is 17.4. The van der Waals surface area contributed by atoms with Gasteiger partial charge in [-0.05, 0) is 42.1 Å². The fourth-order valence-corrected chi connectivity index (χ4v) is 2.70. The van der Waals surface area contributed by atoms with Crippen LogP contribution in [0.4, 0.5) is 4.39 Å². The lowest BCUT2D eigenvalue weighted by molar-refractivity contribution is -0.132. The predicted molar refractivity (Wildman–Crippen MR) is 93.9 cm³/mol. The van der Waals surface area contributed by atoms with Crippen molar-refractivity contribution in [2.45, 2.75) is 13.5 Å². The summed E-state index contributed by atoms with van der Waals surface area (Å²) in [5.74, 6) is -0.851. The molecule has 4 nitrogen and oxygen atoms in total. The summed E-state index contributed by atoms with van der Waals surface area (Å²) in [6.07, 6.45) is 2.89. The Bertz CT molecular complexity index is 714. The maximum absolute atomic E-state index is 13.1. The van der Waals surface area contributed by atoms with Crippen LogP contribution < -0.4 is 5.32 Å². The molecule has 2 rings (SSSR count). The molecule has 126 valence electrons. The van der Waals surface area contributed by atoms with Crippen molar-refractivity contribution < 1.29 is 14.0 Å². The molecule has 0 spiro atoms. The second kappa shape index (κ2) is 8.98. The molecule has 24 heavy (non-hydrogen) atoms. The van der Waals surface area contributed by atoms with E-state index in [4.69, 9.17) is 0 Å². The van der Waals surface area contributed by atoms with E-state index in [0.717, 1.165) is 4.88 Å². The summed E-state index contributed by atoms with van der Waals surface area (Å²) in [5.41, 5.74) is 0.599. The van der Waals surface area contributed by atoms with Crippen LogP contribution in [0.15, 0.2) is 47.9 Å². The van der Waals surface area contributed by atoms with E-state index in [2.05, 4.69) is 5.32 Å². The Morgan fingerprint density at radius 2 is 2.12 bits per heavy atom. The van der Waals surface area contributed by atoms with Gasteiger partial charge in [0.15, 0.2) is 0 Å². The number of nitrogens with zero attached hydrogens (tertiary/aromatic N) is 1. The number of carbonyl (C=O) groups excluding carboxylic acids is 2. The van der Waals surface area contributed by atoms with Gasteiger partial charge in [0.05, 0.1) is 13.1 Å². The van der Waals surface area contributed by atoms with Crippen molar-refractivity contribution in [3.8, 4) is 0 Å². The van der Waals surface area contributed by atoms with Crippen molar-refractivity contribution in [2.24, 2.45) is 0 Å². The summed E-state index contributed by atoms with van der Waals surface area (Å²) in [7, 11) is 0. The minimum Gasteiger partial charge on any atom is -0.350 e. The average Bonchev–Trinajstić information content (AvgIpc) is 3.09. The Morgan fingerprint density at radius 3 is 2.79 bits per heavy atom.